The normalized spacial score (nSPS) is 16.2. The van der Waals surface area contributed by atoms with E-state index < -0.39 is 34.7 Å². The summed E-state index contributed by atoms with van der Waals surface area (Å²) in [4.78, 5) is 41.8. The van der Waals surface area contributed by atoms with Crippen LogP contribution < -0.4 is 21.3 Å². The molecule has 0 aliphatic carbocycles. The monoisotopic (exact) mass is 616 g/mol. The van der Waals surface area contributed by atoms with E-state index in [9.17, 15) is 23.9 Å². The predicted octanol–water partition coefficient (Wildman–Crippen LogP) is 2.22. The highest BCUT2D eigenvalue weighted by Gasteiger charge is 2.36. The molecular weight excluding hydrogens is 583 g/mol. The first-order chi connectivity index (χ1) is 20.5. The van der Waals surface area contributed by atoms with Crippen LogP contribution in [-0.4, -0.2) is 74.7 Å². The molecule has 0 bridgehead atoms. The van der Waals surface area contributed by atoms with E-state index in [1.165, 1.54) is 60.9 Å². The zero-order valence-corrected chi connectivity index (χ0v) is 25.0. The molecule has 4 aromatic rings. The summed E-state index contributed by atoms with van der Waals surface area (Å²) in [5.41, 5.74) is -2.69. The van der Waals surface area contributed by atoms with Gasteiger partial charge in [0.15, 0.2) is 0 Å². The van der Waals surface area contributed by atoms with Gasteiger partial charge < -0.3 is 24.6 Å². The van der Waals surface area contributed by atoms with Crippen molar-refractivity contribution in [1.29, 1.82) is 0 Å². The number of halogens is 1. The molecule has 43 heavy (non-hydrogen) atoms. The highest BCUT2D eigenvalue weighted by atomic mass is 32.1. The van der Waals surface area contributed by atoms with E-state index in [0.717, 1.165) is 35.4 Å². The molecule has 1 aromatic carbocycles. The Kier molecular flexibility index (Phi) is 8.78. The van der Waals surface area contributed by atoms with Crippen molar-refractivity contribution in [2.24, 2.45) is 0 Å². The Balaban J connectivity index is 1.66. The third-order valence-corrected chi connectivity index (χ3v) is 8.81. The number of nitrogens with one attached hydrogen (secondary N) is 1. The lowest BCUT2D eigenvalue weighted by Crippen LogP contribution is -2.52. The molecule has 230 valence electrons. The number of ether oxygens (including phenoxy) is 3. The average Bonchev–Trinajstić information content (AvgIpc) is 3.74. The highest BCUT2D eigenvalue weighted by Crippen LogP contribution is 2.34. The van der Waals surface area contributed by atoms with Crippen LogP contribution in [0.2, 0.25) is 0 Å². The summed E-state index contributed by atoms with van der Waals surface area (Å²) in [5, 5.41) is 22.2. The molecular formula is C28H33FN6O7S. The van der Waals surface area contributed by atoms with Gasteiger partial charge in [-0.05, 0) is 51.9 Å². The molecule has 1 aliphatic rings. The van der Waals surface area contributed by atoms with Crippen molar-refractivity contribution in [3.8, 4) is 10.8 Å². The van der Waals surface area contributed by atoms with E-state index in [2.05, 4.69) is 15.5 Å². The van der Waals surface area contributed by atoms with Crippen molar-refractivity contribution >= 4 is 27.5 Å². The standard InChI is InChI=1S/C28H33FN6O7S/c1-16-22-23(36)34(28(2,3)26(37)38)27(39)33(25(22)43-24(16)35-31-9-10-32-35)15-21(19-13-17(29)5-6-20(19)40-4)42-12-11-41-18-7-8-30-14-18/h5-6,9-10,13,18,21,30H,7-8,11-12,14-15H2,1-4H3,(H,37,38)/t18?,21-/m0/s1. The molecule has 0 saturated carbocycles. The number of hydrogen-bond acceptors (Lipinski definition) is 10. The number of aryl methyl sites for hydroxylation is 1. The zero-order chi connectivity index (χ0) is 30.9. The molecule has 2 atom stereocenters. The highest BCUT2D eigenvalue weighted by molar-refractivity contribution is 7.21. The van der Waals surface area contributed by atoms with Gasteiger partial charge in [-0.2, -0.15) is 10.2 Å². The number of hydrogen-bond donors (Lipinski definition) is 2. The van der Waals surface area contributed by atoms with Gasteiger partial charge in [-0.25, -0.2) is 18.5 Å². The molecule has 3 aromatic heterocycles. The van der Waals surface area contributed by atoms with Gasteiger partial charge in [-0.1, -0.05) is 11.3 Å². The minimum Gasteiger partial charge on any atom is -0.496 e. The van der Waals surface area contributed by atoms with Gasteiger partial charge in [0.05, 0.1) is 50.8 Å². The summed E-state index contributed by atoms with van der Waals surface area (Å²) in [6.07, 6.45) is 2.95. The smallest absolute Gasteiger partial charge is 0.333 e. The summed E-state index contributed by atoms with van der Waals surface area (Å²) in [7, 11) is 1.44. The van der Waals surface area contributed by atoms with Crippen LogP contribution in [0.1, 0.15) is 37.5 Å². The summed E-state index contributed by atoms with van der Waals surface area (Å²) in [6, 6.07) is 3.98. The third-order valence-electron chi connectivity index (χ3n) is 7.53. The van der Waals surface area contributed by atoms with Gasteiger partial charge in [0, 0.05) is 17.7 Å². The number of benzene rings is 1. The number of thiophene rings is 1. The summed E-state index contributed by atoms with van der Waals surface area (Å²) in [6.45, 7) is 6.03. The van der Waals surface area contributed by atoms with Crippen LogP contribution in [0.15, 0.2) is 40.2 Å². The Morgan fingerprint density at radius 1 is 1.26 bits per heavy atom. The summed E-state index contributed by atoms with van der Waals surface area (Å²) >= 11 is 1.11. The zero-order valence-electron chi connectivity index (χ0n) is 24.2. The van der Waals surface area contributed by atoms with E-state index in [4.69, 9.17) is 14.2 Å². The maximum absolute atomic E-state index is 14.5. The number of carbonyl (C=O) groups is 1. The largest absolute Gasteiger partial charge is 0.496 e. The Morgan fingerprint density at radius 2 is 2.00 bits per heavy atom. The molecule has 5 rings (SSSR count). The number of methoxy groups -OCH3 is 1. The molecule has 4 heterocycles. The number of carboxylic acids is 1. The quantitative estimate of drug-likeness (QED) is 0.227. The number of rotatable bonds is 12. The average molecular weight is 617 g/mol. The molecule has 1 unspecified atom stereocenters. The molecule has 1 saturated heterocycles. The molecule has 0 spiro atoms. The van der Waals surface area contributed by atoms with Crippen LogP contribution in [0.25, 0.3) is 15.2 Å². The van der Waals surface area contributed by atoms with Crippen LogP contribution in [0.4, 0.5) is 4.39 Å². The number of fused-ring (bicyclic) bond motifs is 1. The first kappa shape index (κ1) is 30.5. The van der Waals surface area contributed by atoms with Gasteiger partial charge >= 0.3 is 11.7 Å². The number of aliphatic carboxylic acids is 1. The minimum atomic E-state index is -1.89. The topological polar surface area (TPSA) is 152 Å². The fourth-order valence-electron chi connectivity index (χ4n) is 5.13. The number of nitrogens with zero attached hydrogens (tertiary/aromatic N) is 5. The lowest BCUT2D eigenvalue weighted by atomic mass is 10.1. The van der Waals surface area contributed by atoms with E-state index in [0.29, 0.717) is 21.9 Å². The maximum Gasteiger partial charge on any atom is 0.333 e. The van der Waals surface area contributed by atoms with E-state index in [1.807, 2.05) is 0 Å². The van der Waals surface area contributed by atoms with Crippen LogP contribution >= 0.6 is 11.3 Å². The number of aromatic nitrogens is 5. The molecule has 1 fully saturated rings. The molecule has 0 amide bonds. The van der Waals surface area contributed by atoms with Crippen LogP contribution in [0.3, 0.4) is 0 Å². The Hall–Kier alpha value is -3.92. The van der Waals surface area contributed by atoms with Crippen LogP contribution in [0, 0.1) is 12.7 Å². The van der Waals surface area contributed by atoms with Gasteiger partial charge in [0.25, 0.3) is 5.56 Å². The Bertz CT molecular complexity index is 1740. The predicted molar refractivity (Wildman–Crippen MR) is 156 cm³/mol. The van der Waals surface area contributed by atoms with Gasteiger partial charge in [-0.15, -0.1) is 4.80 Å². The molecule has 13 nitrogen and oxygen atoms in total. The second-order valence-electron chi connectivity index (χ2n) is 10.7. The van der Waals surface area contributed by atoms with Crippen LogP contribution in [0.5, 0.6) is 5.75 Å². The molecule has 2 N–H and O–H groups in total. The van der Waals surface area contributed by atoms with Gasteiger partial charge in [0.1, 0.15) is 33.0 Å². The lowest BCUT2D eigenvalue weighted by molar-refractivity contribution is -0.146. The van der Waals surface area contributed by atoms with E-state index >= 15 is 0 Å². The van der Waals surface area contributed by atoms with Crippen molar-refractivity contribution in [2.75, 3.05) is 33.4 Å². The second kappa shape index (κ2) is 12.4. The SMILES string of the molecule is COc1ccc(F)cc1[C@H](Cn1c(=O)n(C(C)(C)C(=O)O)c(=O)c2c(C)c(-n3nccn3)sc21)OCCOC1CCNC1. The fourth-order valence-corrected chi connectivity index (χ4v) is 6.35. The number of carboxylic acid groups (broad SMARTS) is 1. The third kappa shape index (κ3) is 5.85. The van der Waals surface area contributed by atoms with E-state index in [-0.39, 0.29) is 36.1 Å². The molecule has 1 aliphatic heterocycles. The lowest BCUT2D eigenvalue weighted by Gasteiger charge is -2.26. The summed E-state index contributed by atoms with van der Waals surface area (Å²) < 4.78 is 34.2. The van der Waals surface area contributed by atoms with Crippen molar-refractivity contribution in [3.63, 3.8) is 0 Å². The first-order valence-corrected chi connectivity index (χ1v) is 14.5. The van der Waals surface area contributed by atoms with Crippen molar-refractivity contribution < 1.29 is 28.5 Å². The molecule has 0 radical (unpaired) electrons. The first-order valence-electron chi connectivity index (χ1n) is 13.7. The van der Waals surface area contributed by atoms with Crippen molar-refractivity contribution in [3.05, 3.63) is 68.4 Å². The molecule has 15 heteroatoms. The van der Waals surface area contributed by atoms with Crippen LogP contribution in [-0.2, 0) is 26.4 Å². The van der Waals surface area contributed by atoms with Gasteiger partial charge in [0.2, 0.25) is 0 Å². The Labute approximate surface area is 249 Å². The second-order valence-corrected chi connectivity index (χ2v) is 11.6. The van der Waals surface area contributed by atoms with Crippen molar-refractivity contribution in [1.82, 2.24) is 29.4 Å². The fraction of sp³-hybridized carbons (Fsp3) is 0.464. The van der Waals surface area contributed by atoms with E-state index in [1.54, 1.807) is 6.92 Å². The van der Waals surface area contributed by atoms with Crippen molar-refractivity contribution in [2.45, 2.75) is 51.5 Å². The van der Waals surface area contributed by atoms with Gasteiger partial charge in [-0.3, -0.25) is 9.36 Å². The summed E-state index contributed by atoms with van der Waals surface area (Å²) in [5.74, 6) is -1.57. The maximum atomic E-state index is 14.5. The minimum absolute atomic E-state index is 0.0539. The Morgan fingerprint density at radius 3 is 2.65 bits per heavy atom.